The van der Waals surface area contributed by atoms with E-state index in [1.165, 1.54) is 5.56 Å². The predicted octanol–water partition coefficient (Wildman–Crippen LogP) is 4.32. The molecular formula is C20H19BF2N4O. The Hall–Kier alpha value is -2.90. The maximum atomic E-state index is 13.2. The van der Waals surface area contributed by atoms with E-state index >= 15 is 0 Å². The second-order valence-electron chi connectivity index (χ2n) is 7.19. The van der Waals surface area contributed by atoms with Gasteiger partial charge in [0.1, 0.15) is 5.75 Å². The Morgan fingerprint density at radius 2 is 2.00 bits per heavy atom. The average molecular weight is 380 g/mol. The van der Waals surface area contributed by atoms with Gasteiger partial charge in [-0.1, -0.05) is 12.1 Å². The van der Waals surface area contributed by atoms with E-state index in [0.717, 1.165) is 61.1 Å². The van der Waals surface area contributed by atoms with E-state index in [9.17, 15) is 8.63 Å². The van der Waals surface area contributed by atoms with Crippen molar-refractivity contribution >= 4 is 36.4 Å². The minimum atomic E-state index is -2.87. The van der Waals surface area contributed by atoms with Crippen LogP contribution < -0.4 is 9.55 Å². The van der Waals surface area contributed by atoms with Crippen molar-refractivity contribution < 1.29 is 13.3 Å². The Labute approximate surface area is 161 Å². The first-order valence-corrected chi connectivity index (χ1v) is 9.56. The van der Waals surface area contributed by atoms with Gasteiger partial charge in [-0.2, -0.15) is 0 Å². The number of aliphatic imine (C=N–C) groups is 1. The Bertz CT molecular complexity index is 1030. The van der Waals surface area contributed by atoms with Crippen molar-refractivity contribution in [2.75, 3.05) is 18.0 Å². The van der Waals surface area contributed by atoms with E-state index in [2.05, 4.69) is 19.9 Å². The maximum absolute atomic E-state index is 13.2. The quantitative estimate of drug-likeness (QED) is 0.542. The number of nitrogens with zero attached hydrogens (tertiary/aromatic N) is 3. The molecule has 5 rings (SSSR count). The molecule has 8 heteroatoms. The zero-order valence-electron chi connectivity index (χ0n) is 15.3. The van der Waals surface area contributed by atoms with Crippen LogP contribution in [0.3, 0.4) is 0 Å². The minimum Gasteiger partial charge on any atom is -0.504 e. The third kappa shape index (κ3) is 3.02. The SMILES string of the molecule is FB(F)Oc1c(/C=N/c2nc3ccccc3[nH]2)cc2c3c1CCCN3CCC2. The largest absolute Gasteiger partial charge is 0.796 e. The molecular weight excluding hydrogens is 361 g/mol. The fraction of sp³-hybridized carbons (Fsp3) is 0.300. The van der Waals surface area contributed by atoms with E-state index < -0.39 is 7.47 Å². The number of benzene rings is 2. The molecule has 0 bridgehead atoms. The van der Waals surface area contributed by atoms with Crippen LogP contribution in [-0.4, -0.2) is 36.7 Å². The van der Waals surface area contributed by atoms with Crippen LogP contribution in [0, 0.1) is 0 Å². The highest BCUT2D eigenvalue weighted by molar-refractivity contribution is 6.35. The normalized spacial score (nSPS) is 15.9. The lowest BCUT2D eigenvalue weighted by atomic mass is 9.89. The molecule has 1 aromatic heterocycles. The number of aromatic amines is 1. The van der Waals surface area contributed by atoms with Crippen LogP contribution in [0.4, 0.5) is 20.3 Å². The van der Waals surface area contributed by atoms with Crippen LogP contribution in [0.15, 0.2) is 35.3 Å². The van der Waals surface area contributed by atoms with E-state index in [-0.39, 0.29) is 5.75 Å². The lowest BCUT2D eigenvalue weighted by molar-refractivity contribution is 0.420. The highest BCUT2D eigenvalue weighted by Crippen LogP contribution is 2.42. The summed E-state index contributed by atoms with van der Waals surface area (Å²) in [5.41, 5.74) is 5.44. The number of rotatable bonds is 4. The first-order chi connectivity index (χ1) is 13.7. The smallest absolute Gasteiger partial charge is 0.504 e. The number of fused-ring (bicyclic) bond motifs is 1. The van der Waals surface area contributed by atoms with Gasteiger partial charge in [-0.15, -0.1) is 0 Å². The summed E-state index contributed by atoms with van der Waals surface area (Å²) in [7, 11) is -2.87. The van der Waals surface area contributed by atoms with Crippen molar-refractivity contribution in [3.8, 4) is 5.75 Å². The van der Waals surface area contributed by atoms with Crippen LogP contribution in [-0.2, 0) is 12.8 Å². The third-order valence-electron chi connectivity index (χ3n) is 5.41. The first kappa shape index (κ1) is 17.2. The van der Waals surface area contributed by atoms with Crippen molar-refractivity contribution in [2.24, 2.45) is 4.99 Å². The summed E-state index contributed by atoms with van der Waals surface area (Å²) >= 11 is 0. The fourth-order valence-corrected chi connectivity index (χ4v) is 4.31. The third-order valence-corrected chi connectivity index (χ3v) is 5.41. The van der Waals surface area contributed by atoms with Gasteiger partial charge in [-0.3, -0.25) is 0 Å². The topological polar surface area (TPSA) is 53.5 Å². The van der Waals surface area contributed by atoms with Gasteiger partial charge >= 0.3 is 7.47 Å². The number of hydrogen-bond acceptors (Lipinski definition) is 4. The summed E-state index contributed by atoms with van der Waals surface area (Å²) < 4.78 is 31.3. The zero-order chi connectivity index (χ0) is 19.1. The van der Waals surface area contributed by atoms with E-state index in [1.807, 2.05) is 30.3 Å². The van der Waals surface area contributed by atoms with E-state index in [4.69, 9.17) is 4.65 Å². The number of hydrogen-bond donors (Lipinski definition) is 1. The summed E-state index contributed by atoms with van der Waals surface area (Å²) in [6.45, 7) is 1.95. The van der Waals surface area contributed by atoms with Crippen LogP contribution in [0.25, 0.3) is 11.0 Å². The Kier molecular flexibility index (Phi) is 4.26. The molecule has 3 heterocycles. The molecule has 1 N–H and O–H groups in total. The van der Waals surface area contributed by atoms with Gasteiger partial charge in [0, 0.05) is 36.1 Å². The van der Waals surface area contributed by atoms with Gasteiger partial charge in [0.15, 0.2) is 0 Å². The van der Waals surface area contributed by atoms with Crippen LogP contribution in [0.5, 0.6) is 5.75 Å². The molecule has 0 saturated carbocycles. The molecule has 2 aliphatic heterocycles. The highest BCUT2D eigenvalue weighted by Gasteiger charge is 2.30. The number of nitrogens with one attached hydrogen (secondary N) is 1. The maximum Gasteiger partial charge on any atom is 0.796 e. The lowest BCUT2D eigenvalue weighted by Gasteiger charge is -2.38. The number of halogens is 2. The standard InChI is InChI=1S/C20H19BF2N4O/c22-21(23)28-19-14(12-24-20-25-16-7-1-2-8-17(16)26-20)11-13-5-3-9-27-10-4-6-15(19)18(13)27/h1-2,7-8,11-12H,3-6,9-10H2,(H,25,26)/b24-12+. The number of para-hydroxylation sites is 2. The van der Waals surface area contributed by atoms with E-state index in [1.54, 1.807) is 6.21 Å². The minimum absolute atomic E-state index is 0.250. The van der Waals surface area contributed by atoms with Gasteiger partial charge < -0.3 is 14.5 Å². The molecule has 0 fully saturated rings. The second kappa shape index (κ2) is 6.93. The number of aryl methyl sites for hydroxylation is 1. The Morgan fingerprint density at radius 3 is 2.82 bits per heavy atom. The molecule has 0 unspecified atom stereocenters. The van der Waals surface area contributed by atoms with Gasteiger partial charge in [0.25, 0.3) is 0 Å². The lowest BCUT2D eigenvalue weighted by Crippen LogP contribution is -2.35. The van der Waals surface area contributed by atoms with Gasteiger partial charge in [-0.05, 0) is 49.4 Å². The van der Waals surface area contributed by atoms with Crippen molar-refractivity contribution in [3.05, 3.63) is 47.0 Å². The molecule has 3 aromatic rings. The van der Waals surface area contributed by atoms with Crippen LogP contribution >= 0.6 is 0 Å². The molecule has 142 valence electrons. The molecule has 0 atom stereocenters. The molecule has 0 spiro atoms. The monoisotopic (exact) mass is 380 g/mol. The molecule has 28 heavy (non-hydrogen) atoms. The summed E-state index contributed by atoms with van der Waals surface area (Å²) in [6, 6.07) is 9.59. The number of H-pyrrole nitrogens is 1. The van der Waals surface area contributed by atoms with Gasteiger partial charge in [0.05, 0.1) is 11.0 Å². The van der Waals surface area contributed by atoms with Crippen molar-refractivity contribution in [1.82, 2.24) is 9.97 Å². The summed E-state index contributed by atoms with van der Waals surface area (Å²) in [6.07, 6.45) is 5.28. The van der Waals surface area contributed by atoms with Crippen LogP contribution in [0.1, 0.15) is 29.5 Å². The summed E-state index contributed by atoms with van der Waals surface area (Å²) in [5.74, 6) is 0.692. The molecule has 0 radical (unpaired) electrons. The number of imidazole rings is 1. The molecule has 0 aliphatic carbocycles. The van der Waals surface area contributed by atoms with E-state index in [0.29, 0.717) is 11.5 Å². The molecule has 2 aliphatic rings. The van der Waals surface area contributed by atoms with Gasteiger partial charge in [0.2, 0.25) is 5.95 Å². The summed E-state index contributed by atoms with van der Waals surface area (Å²) in [4.78, 5) is 14.3. The Morgan fingerprint density at radius 1 is 1.18 bits per heavy atom. The first-order valence-electron chi connectivity index (χ1n) is 9.56. The van der Waals surface area contributed by atoms with Crippen LogP contribution in [0.2, 0.25) is 0 Å². The molecule has 0 saturated heterocycles. The predicted molar refractivity (Wildman–Crippen MR) is 107 cm³/mol. The zero-order valence-corrected chi connectivity index (χ0v) is 15.3. The van der Waals surface area contributed by atoms with Crippen molar-refractivity contribution in [2.45, 2.75) is 25.7 Å². The molecule has 5 nitrogen and oxygen atoms in total. The van der Waals surface area contributed by atoms with Crippen molar-refractivity contribution in [3.63, 3.8) is 0 Å². The molecule has 2 aromatic carbocycles. The highest BCUT2D eigenvalue weighted by atomic mass is 19.2. The van der Waals surface area contributed by atoms with Crippen molar-refractivity contribution in [1.29, 1.82) is 0 Å². The second-order valence-corrected chi connectivity index (χ2v) is 7.19. The molecule has 0 amide bonds. The number of anilines is 1. The van der Waals surface area contributed by atoms with Gasteiger partial charge in [-0.25, -0.2) is 18.6 Å². The number of aromatic nitrogens is 2. The Balaban J connectivity index is 1.59. The fourth-order valence-electron chi connectivity index (χ4n) is 4.31. The average Bonchev–Trinajstić information content (AvgIpc) is 3.11. The summed E-state index contributed by atoms with van der Waals surface area (Å²) in [5, 5.41) is 0.